The van der Waals surface area contributed by atoms with Crippen LogP contribution in [0.4, 0.5) is 28.2 Å². The second-order valence-corrected chi connectivity index (χ2v) is 9.19. The number of anilines is 1. The predicted octanol–water partition coefficient (Wildman–Crippen LogP) is 4.19. The summed E-state index contributed by atoms with van der Waals surface area (Å²) in [5.74, 6) is -1.95. The molecule has 0 saturated carbocycles. The van der Waals surface area contributed by atoms with E-state index < -0.39 is 59.4 Å². The molecule has 2 aromatic heterocycles. The van der Waals surface area contributed by atoms with Gasteiger partial charge in [0.25, 0.3) is 11.9 Å². The zero-order valence-electron chi connectivity index (χ0n) is 20.1. The van der Waals surface area contributed by atoms with Crippen molar-refractivity contribution in [3.63, 3.8) is 0 Å². The van der Waals surface area contributed by atoms with Crippen molar-refractivity contribution in [1.29, 1.82) is 5.26 Å². The number of aliphatic imine (C=N–C) groups is 1. The number of carbonyl (C=O) groups excluding carboxylic acids is 2. The van der Waals surface area contributed by atoms with Gasteiger partial charge < -0.3 is 14.8 Å². The molecule has 0 aliphatic carbocycles. The maximum absolute atomic E-state index is 14.9. The Labute approximate surface area is 208 Å². The Morgan fingerprint density at radius 2 is 1.89 bits per heavy atom. The van der Waals surface area contributed by atoms with Gasteiger partial charge in [-0.25, -0.2) is 29.5 Å². The minimum absolute atomic E-state index is 0.0806. The molecule has 2 N–H and O–H groups in total. The first kappa shape index (κ1) is 27.3. The van der Waals surface area contributed by atoms with Crippen molar-refractivity contribution in [2.75, 3.05) is 5.32 Å². The van der Waals surface area contributed by atoms with E-state index in [4.69, 9.17) is 14.7 Å². The smallest absolute Gasteiger partial charge is 0.425 e. The highest BCUT2D eigenvalue weighted by molar-refractivity contribution is 6.02. The standard InChI is InChI=1S/C23H22F4N6O4/c1-21(2,3)37-20(35)32-19-33-22(4,9-15(36-19)23(25,26)27)17-13(24)6-8-16(30-17)31-18(34)14-7-5-12(10-28)11-29-14/h5-8,11,15H,9H2,1-4H3,(H,30,31,34)(H,32,33,35)/t15-,22+/m1/s1. The van der Waals surface area contributed by atoms with Gasteiger partial charge in [0.05, 0.1) is 5.56 Å². The van der Waals surface area contributed by atoms with Crippen molar-refractivity contribution in [2.24, 2.45) is 4.99 Å². The second-order valence-electron chi connectivity index (χ2n) is 9.19. The number of amidine groups is 1. The largest absolute Gasteiger partial charge is 0.452 e. The average molecular weight is 522 g/mol. The quantitative estimate of drug-likeness (QED) is 0.577. The summed E-state index contributed by atoms with van der Waals surface area (Å²) in [4.78, 5) is 36.4. The van der Waals surface area contributed by atoms with Gasteiger partial charge in [0.2, 0.25) is 0 Å². The molecule has 0 unspecified atom stereocenters. The molecule has 0 fully saturated rings. The average Bonchev–Trinajstić information content (AvgIpc) is 2.78. The highest BCUT2D eigenvalue weighted by Crippen LogP contribution is 2.40. The fourth-order valence-electron chi connectivity index (χ4n) is 3.28. The molecule has 0 radical (unpaired) electrons. The predicted molar refractivity (Wildman–Crippen MR) is 121 cm³/mol. The number of amides is 2. The third-order valence-electron chi connectivity index (χ3n) is 4.88. The molecule has 14 heteroatoms. The van der Waals surface area contributed by atoms with E-state index >= 15 is 0 Å². The molecule has 3 rings (SSSR count). The van der Waals surface area contributed by atoms with E-state index in [1.54, 1.807) is 20.8 Å². The Balaban J connectivity index is 1.94. The molecule has 3 heterocycles. The summed E-state index contributed by atoms with van der Waals surface area (Å²) in [6.07, 6.45) is -8.16. The zero-order valence-corrected chi connectivity index (χ0v) is 20.1. The van der Waals surface area contributed by atoms with E-state index in [1.807, 2.05) is 11.4 Å². The number of ether oxygens (including phenoxy) is 2. The normalized spacial score (nSPS) is 19.6. The lowest BCUT2D eigenvalue weighted by Crippen LogP contribution is -2.49. The third-order valence-corrected chi connectivity index (χ3v) is 4.88. The van der Waals surface area contributed by atoms with Crippen molar-refractivity contribution in [3.05, 3.63) is 53.2 Å². The summed E-state index contributed by atoms with van der Waals surface area (Å²) in [7, 11) is 0. The topological polar surface area (TPSA) is 139 Å². The Morgan fingerprint density at radius 3 is 2.46 bits per heavy atom. The Morgan fingerprint density at radius 1 is 1.19 bits per heavy atom. The first-order valence-electron chi connectivity index (χ1n) is 10.8. The molecular formula is C23H22F4N6O4. The van der Waals surface area contributed by atoms with E-state index in [0.29, 0.717) is 0 Å². The summed E-state index contributed by atoms with van der Waals surface area (Å²) in [5, 5.41) is 13.2. The van der Waals surface area contributed by atoms with Crippen molar-refractivity contribution in [1.82, 2.24) is 15.3 Å². The molecule has 0 bridgehead atoms. The molecule has 0 saturated heterocycles. The summed E-state index contributed by atoms with van der Waals surface area (Å²) in [6, 6.07) is 5.68. The van der Waals surface area contributed by atoms with Crippen LogP contribution in [0.5, 0.6) is 0 Å². The summed E-state index contributed by atoms with van der Waals surface area (Å²) < 4.78 is 65.7. The molecule has 0 aromatic carbocycles. The lowest BCUT2D eigenvalue weighted by molar-refractivity contribution is -0.208. The van der Waals surface area contributed by atoms with E-state index in [2.05, 4.69) is 20.3 Å². The molecule has 2 aromatic rings. The number of alkyl carbamates (subject to hydrolysis) is 1. The molecular weight excluding hydrogens is 500 g/mol. The van der Waals surface area contributed by atoms with E-state index in [-0.39, 0.29) is 17.1 Å². The van der Waals surface area contributed by atoms with Crippen LogP contribution in [-0.2, 0) is 15.0 Å². The summed E-state index contributed by atoms with van der Waals surface area (Å²) >= 11 is 0. The minimum Gasteiger partial charge on any atom is -0.452 e. The maximum atomic E-state index is 14.9. The number of alkyl halides is 3. The lowest BCUT2D eigenvalue weighted by Gasteiger charge is -2.36. The Hall–Kier alpha value is -4.28. The van der Waals surface area contributed by atoms with Crippen LogP contribution in [0.1, 0.15) is 55.9 Å². The Kier molecular flexibility index (Phi) is 7.38. The van der Waals surface area contributed by atoms with Crippen molar-refractivity contribution in [2.45, 2.75) is 57.5 Å². The molecule has 1 aliphatic heterocycles. The fraction of sp³-hybridized carbons (Fsp3) is 0.391. The number of aromatic nitrogens is 2. The summed E-state index contributed by atoms with van der Waals surface area (Å²) in [5.41, 5.74) is -3.31. The Bertz CT molecular complexity index is 1270. The van der Waals surface area contributed by atoms with Gasteiger partial charge in [-0.3, -0.25) is 4.79 Å². The molecule has 1 aliphatic rings. The lowest BCUT2D eigenvalue weighted by atomic mass is 9.89. The molecule has 10 nitrogen and oxygen atoms in total. The molecule has 2 amide bonds. The van der Waals surface area contributed by atoms with Gasteiger partial charge in [0.1, 0.15) is 40.2 Å². The monoisotopic (exact) mass is 522 g/mol. The van der Waals surface area contributed by atoms with Crippen LogP contribution in [-0.4, -0.2) is 45.9 Å². The number of pyridine rings is 2. The van der Waals surface area contributed by atoms with Gasteiger partial charge in [-0.2, -0.15) is 18.4 Å². The number of hydrogen-bond acceptors (Lipinski definition) is 8. The van der Waals surface area contributed by atoms with Crippen LogP contribution in [0.25, 0.3) is 0 Å². The zero-order chi connectivity index (χ0) is 27.6. The number of nitrogens with zero attached hydrogens (tertiary/aromatic N) is 4. The highest BCUT2D eigenvalue weighted by Gasteiger charge is 2.51. The van der Waals surface area contributed by atoms with Gasteiger partial charge in [-0.1, -0.05) is 0 Å². The number of nitriles is 1. The number of hydrogen-bond donors (Lipinski definition) is 2. The van der Waals surface area contributed by atoms with Crippen LogP contribution in [0, 0.1) is 17.1 Å². The fourth-order valence-corrected chi connectivity index (χ4v) is 3.28. The van der Waals surface area contributed by atoms with Crippen LogP contribution in [0.15, 0.2) is 35.5 Å². The second kappa shape index (κ2) is 10.00. The summed E-state index contributed by atoms with van der Waals surface area (Å²) in [6.45, 7) is 5.83. The van der Waals surface area contributed by atoms with E-state index in [0.717, 1.165) is 12.1 Å². The van der Waals surface area contributed by atoms with Crippen LogP contribution in [0.2, 0.25) is 0 Å². The van der Waals surface area contributed by atoms with Crippen LogP contribution in [0.3, 0.4) is 0 Å². The minimum atomic E-state index is -4.89. The van der Waals surface area contributed by atoms with Gasteiger partial charge in [0.15, 0.2) is 6.10 Å². The SMILES string of the molecule is CC(C)(C)OC(=O)NC1=N[C@](C)(c2nc(NC(=O)c3ccc(C#N)cn3)ccc2F)C[C@H](C(F)(F)F)O1. The van der Waals surface area contributed by atoms with Gasteiger partial charge in [-0.05, 0) is 52.0 Å². The molecule has 37 heavy (non-hydrogen) atoms. The van der Waals surface area contributed by atoms with Crippen molar-refractivity contribution in [3.8, 4) is 6.07 Å². The third kappa shape index (κ3) is 6.90. The van der Waals surface area contributed by atoms with Gasteiger partial charge in [-0.15, -0.1) is 0 Å². The maximum Gasteiger partial charge on any atom is 0.425 e. The molecule has 196 valence electrons. The van der Waals surface area contributed by atoms with Crippen LogP contribution < -0.4 is 10.6 Å². The highest BCUT2D eigenvalue weighted by atomic mass is 19.4. The first-order valence-corrected chi connectivity index (χ1v) is 10.8. The number of carbonyl (C=O) groups is 2. The number of halogens is 4. The van der Waals surface area contributed by atoms with Crippen molar-refractivity contribution >= 4 is 23.8 Å². The number of nitrogens with one attached hydrogen (secondary N) is 2. The van der Waals surface area contributed by atoms with Crippen molar-refractivity contribution < 1.29 is 36.6 Å². The first-order chi connectivity index (χ1) is 17.1. The molecule has 2 atom stereocenters. The molecule has 0 spiro atoms. The van der Waals surface area contributed by atoms with E-state index in [1.165, 1.54) is 25.3 Å². The van der Waals surface area contributed by atoms with Crippen LogP contribution >= 0.6 is 0 Å². The van der Waals surface area contributed by atoms with E-state index in [9.17, 15) is 27.2 Å². The van der Waals surface area contributed by atoms with Gasteiger partial charge in [0, 0.05) is 12.6 Å². The van der Waals surface area contributed by atoms with Gasteiger partial charge >= 0.3 is 12.3 Å². The number of rotatable bonds is 3.